The van der Waals surface area contributed by atoms with Gasteiger partial charge in [-0.2, -0.15) is 0 Å². The largest absolute Gasteiger partial charge is 0.366 e. The summed E-state index contributed by atoms with van der Waals surface area (Å²) in [5.41, 5.74) is 11.4. The fourth-order valence-electron chi connectivity index (χ4n) is 1.77. The minimum absolute atomic E-state index is 0.00158. The number of hydrogen-bond donors (Lipinski definition) is 3. The maximum absolute atomic E-state index is 12.3. The van der Waals surface area contributed by atoms with Gasteiger partial charge >= 0.3 is 0 Å². The Morgan fingerprint density at radius 1 is 1.24 bits per heavy atom. The van der Waals surface area contributed by atoms with Crippen molar-refractivity contribution < 1.29 is 13.2 Å². The number of amides is 1. The number of rotatable bonds is 5. The Morgan fingerprint density at radius 3 is 2.67 bits per heavy atom. The quantitative estimate of drug-likeness (QED) is 0.738. The molecule has 21 heavy (non-hydrogen) atoms. The maximum atomic E-state index is 12.3. The molecule has 0 aliphatic heterocycles. The van der Waals surface area contributed by atoms with Gasteiger partial charge in [-0.05, 0) is 30.3 Å². The van der Waals surface area contributed by atoms with Gasteiger partial charge in [0, 0.05) is 24.0 Å². The molecule has 0 unspecified atom stereocenters. The molecular weight excluding hydrogens is 292 g/mol. The van der Waals surface area contributed by atoms with Gasteiger partial charge in [0.1, 0.15) is 4.90 Å². The standard InChI is InChI=1S/C13H14N4O3S/c14-8-11-12(5-2-6-16-11)21(19,20)17-10-4-1-3-9(7-10)13(15)18/h1-7,17H,8,14H2,(H2,15,18). The molecule has 0 fully saturated rings. The number of nitrogens with one attached hydrogen (secondary N) is 1. The number of primary amides is 1. The smallest absolute Gasteiger partial charge is 0.263 e. The van der Waals surface area contributed by atoms with Gasteiger partial charge in [-0.15, -0.1) is 0 Å². The van der Waals surface area contributed by atoms with Crippen LogP contribution < -0.4 is 16.2 Å². The van der Waals surface area contributed by atoms with Gasteiger partial charge in [-0.1, -0.05) is 6.07 Å². The van der Waals surface area contributed by atoms with Crippen LogP contribution in [0.15, 0.2) is 47.5 Å². The van der Waals surface area contributed by atoms with E-state index in [1.54, 1.807) is 0 Å². The number of aromatic nitrogens is 1. The first-order valence-electron chi connectivity index (χ1n) is 6.00. The number of hydrogen-bond acceptors (Lipinski definition) is 5. The van der Waals surface area contributed by atoms with Crippen molar-refractivity contribution in [1.29, 1.82) is 0 Å². The monoisotopic (exact) mass is 306 g/mol. The lowest BCUT2D eigenvalue weighted by Crippen LogP contribution is -2.18. The van der Waals surface area contributed by atoms with E-state index >= 15 is 0 Å². The van der Waals surface area contributed by atoms with Crippen LogP contribution in [0.3, 0.4) is 0 Å². The summed E-state index contributed by atoms with van der Waals surface area (Å²) in [7, 11) is -3.84. The van der Waals surface area contributed by atoms with Crippen LogP contribution in [0.4, 0.5) is 5.69 Å². The molecule has 0 radical (unpaired) electrons. The van der Waals surface area contributed by atoms with Crippen molar-refractivity contribution in [1.82, 2.24) is 4.98 Å². The molecule has 0 aliphatic carbocycles. The van der Waals surface area contributed by atoms with Crippen LogP contribution >= 0.6 is 0 Å². The summed E-state index contributed by atoms with van der Waals surface area (Å²) in [6.45, 7) is -0.00158. The third-order valence-electron chi connectivity index (χ3n) is 2.73. The predicted octanol–water partition coefficient (Wildman–Crippen LogP) is 0.440. The van der Waals surface area contributed by atoms with Gasteiger partial charge in [-0.25, -0.2) is 8.42 Å². The molecule has 1 aromatic carbocycles. The normalized spacial score (nSPS) is 11.1. The molecule has 2 rings (SSSR count). The van der Waals surface area contributed by atoms with Gasteiger partial charge in [0.05, 0.1) is 5.69 Å². The molecule has 0 aliphatic rings. The number of carbonyl (C=O) groups excluding carboxylic acids is 1. The molecule has 1 heterocycles. The van der Waals surface area contributed by atoms with Crippen LogP contribution in [0.1, 0.15) is 16.1 Å². The Morgan fingerprint density at radius 2 is 2.00 bits per heavy atom. The van der Waals surface area contributed by atoms with Crippen LogP contribution in [0.25, 0.3) is 0 Å². The Labute approximate surface area is 122 Å². The first-order valence-corrected chi connectivity index (χ1v) is 7.49. The van der Waals surface area contributed by atoms with E-state index < -0.39 is 15.9 Å². The van der Waals surface area contributed by atoms with Crippen molar-refractivity contribution in [2.75, 3.05) is 4.72 Å². The number of anilines is 1. The summed E-state index contributed by atoms with van der Waals surface area (Å²) in [5.74, 6) is -0.639. The Balaban J connectivity index is 2.38. The van der Waals surface area contributed by atoms with Crippen molar-refractivity contribution in [2.45, 2.75) is 11.4 Å². The number of pyridine rings is 1. The van der Waals surface area contributed by atoms with E-state index in [0.29, 0.717) is 0 Å². The summed E-state index contributed by atoms with van der Waals surface area (Å²) in [6, 6.07) is 8.82. The zero-order valence-corrected chi connectivity index (χ0v) is 11.8. The SMILES string of the molecule is NCc1ncccc1S(=O)(=O)Nc1cccc(C(N)=O)c1. The summed E-state index contributed by atoms with van der Waals surface area (Å²) >= 11 is 0. The zero-order valence-electron chi connectivity index (χ0n) is 11.0. The van der Waals surface area contributed by atoms with Crippen molar-refractivity contribution in [3.63, 3.8) is 0 Å². The first kappa shape index (κ1) is 14.9. The van der Waals surface area contributed by atoms with E-state index in [1.807, 2.05) is 0 Å². The van der Waals surface area contributed by atoms with Crippen LogP contribution in [0, 0.1) is 0 Å². The van der Waals surface area contributed by atoms with Crippen molar-refractivity contribution in [2.24, 2.45) is 11.5 Å². The lowest BCUT2D eigenvalue weighted by Gasteiger charge is -2.11. The fraction of sp³-hybridized carbons (Fsp3) is 0.0769. The molecule has 7 nitrogen and oxygen atoms in total. The molecule has 1 aromatic heterocycles. The van der Waals surface area contributed by atoms with Gasteiger partial charge in [0.25, 0.3) is 10.0 Å². The average Bonchev–Trinajstić information content (AvgIpc) is 2.47. The molecule has 8 heteroatoms. The molecule has 0 saturated heterocycles. The Hall–Kier alpha value is -2.45. The molecule has 0 bridgehead atoms. The minimum Gasteiger partial charge on any atom is -0.366 e. The highest BCUT2D eigenvalue weighted by atomic mass is 32.2. The second kappa shape index (κ2) is 5.90. The highest BCUT2D eigenvalue weighted by molar-refractivity contribution is 7.92. The predicted molar refractivity (Wildman–Crippen MR) is 77.9 cm³/mol. The fourth-order valence-corrected chi connectivity index (χ4v) is 3.02. The second-order valence-corrected chi connectivity index (χ2v) is 5.85. The van der Waals surface area contributed by atoms with Crippen LogP contribution in [-0.2, 0) is 16.6 Å². The zero-order chi connectivity index (χ0) is 15.5. The lowest BCUT2D eigenvalue weighted by molar-refractivity contribution is 0.100. The van der Waals surface area contributed by atoms with E-state index in [-0.39, 0.29) is 28.4 Å². The molecule has 0 spiro atoms. The van der Waals surface area contributed by atoms with E-state index in [2.05, 4.69) is 9.71 Å². The van der Waals surface area contributed by atoms with E-state index in [1.165, 1.54) is 42.6 Å². The van der Waals surface area contributed by atoms with E-state index in [9.17, 15) is 13.2 Å². The number of benzene rings is 1. The first-order chi connectivity index (χ1) is 9.94. The minimum atomic E-state index is -3.84. The summed E-state index contributed by atoms with van der Waals surface area (Å²) in [5, 5.41) is 0. The molecule has 1 amide bonds. The molecule has 2 aromatic rings. The highest BCUT2D eigenvalue weighted by Crippen LogP contribution is 2.18. The van der Waals surface area contributed by atoms with Crippen molar-refractivity contribution >= 4 is 21.6 Å². The Bertz CT molecular complexity index is 774. The summed E-state index contributed by atoms with van der Waals surface area (Å²) < 4.78 is 27.1. The molecular formula is C13H14N4O3S. The van der Waals surface area contributed by atoms with Crippen LogP contribution in [-0.4, -0.2) is 19.3 Å². The lowest BCUT2D eigenvalue weighted by atomic mass is 10.2. The van der Waals surface area contributed by atoms with Gasteiger partial charge in [0.15, 0.2) is 0 Å². The maximum Gasteiger partial charge on any atom is 0.263 e. The van der Waals surface area contributed by atoms with Crippen molar-refractivity contribution in [3.05, 3.63) is 53.9 Å². The number of nitrogens with zero attached hydrogens (tertiary/aromatic N) is 1. The number of sulfonamides is 1. The second-order valence-electron chi connectivity index (χ2n) is 4.20. The number of carbonyl (C=O) groups is 1. The van der Waals surface area contributed by atoms with Gasteiger partial charge < -0.3 is 11.5 Å². The molecule has 0 atom stereocenters. The Kier molecular flexibility index (Phi) is 4.20. The van der Waals surface area contributed by atoms with Crippen LogP contribution in [0.2, 0.25) is 0 Å². The van der Waals surface area contributed by atoms with Gasteiger partial charge in [-0.3, -0.25) is 14.5 Å². The number of nitrogens with two attached hydrogens (primary N) is 2. The molecule has 0 saturated carbocycles. The van der Waals surface area contributed by atoms with Crippen LogP contribution in [0.5, 0.6) is 0 Å². The van der Waals surface area contributed by atoms with Gasteiger partial charge in [0.2, 0.25) is 5.91 Å². The summed E-state index contributed by atoms with van der Waals surface area (Å²) in [4.78, 5) is 15.0. The molecule has 110 valence electrons. The van der Waals surface area contributed by atoms with Crippen molar-refractivity contribution in [3.8, 4) is 0 Å². The highest BCUT2D eigenvalue weighted by Gasteiger charge is 2.18. The average molecular weight is 306 g/mol. The third-order valence-corrected chi connectivity index (χ3v) is 4.19. The van der Waals surface area contributed by atoms with E-state index in [0.717, 1.165) is 0 Å². The topological polar surface area (TPSA) is 128 Å². The molecule has 5 N–H and O–H groups in total. The summed E-state index contributed by atoms with van der Waals surface area (Å²) in [6.07, 6.45) is 1.47. The van der Waals surface area contributed by atoms with E-state index in [4.69, 9.17) is 11.5 Å². The third kappa shape index (κ3) is 3.36.